The second-order valence-corrected chi connectivity index (χ2v) is 7.55. The normalized spacial score (nSPS) is 21.7. The van der Waals surface area contributed by atoms with Crippen molar-refractivity contribution in [3.63, 3.8) is 0 Å². The van der Waals surface area contributed by atoms with Crippen molar-refractivity contribution in [2.45, 2.75) is 23.3 Å². The molecule has 1 aliphatic heterocycles. The van der Waals surface area contributed by atoms with E-state index in [0.29, 0.717) is 6.61 Å². The van der Waals surface area contributed by atoms with Gasteiger partial charge in [-0.3, -0.25) is 9.36 Å². The van der Waals surface area contributed by atoms with E-state index in [0.717, 1.165) is 34.7 Å². The zero-order chi connectivity index (χ0) is 17.3. The molecule has 1 unspecified atom stereocenters. The van der Waals surface area contributed by atoms with Crippen LogP contribution in [0.3, 0.4) is 0 Å². The molecule has 0 radical (unpaired) electrons. The molecule has 1 aliphatic rings. The maximum atomic E-state index is 12.5. The van der Waals surface area contributed by atoms with Crippen molar-refractivity contribution in [3.8, 4) is 0 Å². The first kappa shape index (κ1) is 17.9. The number of aromatic nitrogens is 2. The van der Waals surface area contributed by atoms with Crippen LogP contribution in [0.2, 0.25) is 0 Å². The minimum Gasteiger partial charge on any atom is -0.383 e. The third-order valence-electron chi connectivity index (χ3n) is 4.06. The molecular weight excluding hydrogens is 324 g/mol. The van der Waals surface area contributed by atoms with Gasteiger partial charge in [-0.15, -0.1) is 0 Å². The second-order valence-electron chi connectivity index (χ2n) is 5.82. The molecule has 2 rings (SSSR count). The number of rotatable bonds is 6. The Morgan fingerprint density at radius 3 is 2.65 bits per heavy atom. The summed E-state index contributed by atoms with van der Waals surface area (Å²) in [6, 6.07) is 0. The summed E-state index contributed by atoms with van der Waals surface area (Å²) in [5.74, 6) is 0. The van der Waals surface area contributed by atoms with E-state index in [1.807, 2.05) is 0 Å². The highest BCUT2D eigenvalue weighted by atomic mass is 32.2. The van der Waals surface area contributed by atoms with E-state index in [2.05, 4.69) is 10.0 Å². The van der Waals surface area contributed by atoms with Crippen LogP contribution in [0.25, 0.3) is 0 Å². The number of nitrogens with one attached hydrogen (secondary N) is 2. The van der Waals surface area contributed by atoms with E-state index in [9.17, 15) is 18.0 Å². The molecule has 9 nitrogen and oxygen atoms in total. The molecule has 0 aromatic carbocycles. The summed E-state index contributed by atoms with van der Waals surface area (Å²) in [4.78, 5) is 23.3. The fourth-order valence-electron chi connectivity index (χ4n) is 2.74. The van der Waals surface area contributed by atoms with Gasteiger partial charge >= 0.3 is 5.69 Å². The zero-order valence-electron chi connectivity index (χ0n) is 13.5. The summed E-state index contributed by atoms with van der Waals surface area (Å²) in [5.41, 5.74) is -1.91. The van der Waals surface area contributed by atoms with Crippen molar-refractivity contribution < 1.29 is 13.2 Å². The fraction of sp³-hybridized carbons (Fsp3) is 0.692. The van der Waals surface area contributed by atoms with E-state index >= 15 is 0 Å². The molecule has 1 aromatic rings. The van der Waals surface area contributed by atoms with Crippen LogP contribution in [0.4, 0.5) is 0 Å². The molecule has 0 aliphatic carbocycles. The Labute approximate surface area is 134 Å². The van der Waals surface area contributed by atoms with Crippen LogP contribution < -0.4 is 21.3 Å². The number of hydrogen-bond donors (Lipinski definition) is 2. The van der Waals surface area contributed by atoms with Crippen LogP contribution in [0.5, 0.6) is 0 Å². The Morgan fingerprint density at radius 2 is 2.09 bits per heavy atom. The van der Waals surface area contributed by atoms with Crippen molar-refractivity contribution in [2.75, 3.05) is 26.8 Å². The summed E-state index contributed by atoms with van der Waals surface area (Å²) in [7, 11) is 0.159. The number of hydrogen-bond acceptors (Lipinski definition) is 6. The van der Waals surface area contributed by atoms with Crippen LogP contribution in [-0.2, 0) is 28.9 Å². The first-order valence-electron chi connectivity index (χ1n) is 7.23. The lowest BCUT2D eigenvalue weighted by molar-refractivity contribution is 0.122. The van der Waals surface area contributed by atoms with Gasteiger partial charge in [0.15, 0.2) is 4.90 Å². The molecule has 1 fully saturated rings. The molecule has 0 amide bonds. The highest BCUT2D eigenvalue weighted by Gasteiger charge is 2.35. The number of sulfonamides is 1. The maximum Gasteiger partial charge on any atom is 0.330 e. The van der Waals surface area contributed by atoms with Gasteiger partial charge < -0.3 is 14.6 Å². The fourth-order valence-corrected chi connectivity index (χ4v) is 4.03. The quantitative estimate of drug-likeness (QED) is 0.624. The molecule has 2 heterocycles. The monoisotopic (exact) mass is 346 g/mol. The summed E-state index contributed by atoms with van der Waals surface area (Å²) in [6.45, 7) is 1.25. The van der Waals surface area contributed by atoms with Gasteiger partial charge in [-0.2, -0.15) is 0 Å². The minimum absolute atomic E-state index is 0.106. The smallest absolute Gasteiger partial charge is 0.330 e. The first-order valence-corrected chi connectivity index (χ1v) is 8.71. The van der Waals surface area contributed by atoms with Gasteiger partial charge in [0.2, 0.25) is 10.0 Å². The van der Waals surface area contributed by atoms with Gasteiger partial charge in [-0.05, 0) is 19.4 Å². The number of ether oxygens (including phenoxy) is 1. The molecule has 0 bridgehead atoms. The molecule has 1 aromatic heterocycles. The Hall–Kier alpha value is -1.49. The Bertz CT molecular complexity index is 790. The highest BCUT2D eigenvalue weighted by Crippen LogP contribution is 2.19. The zero-order valence-corrected chi connectivity index (χ0v) is 14.3. The third-order valence-corrected chi connectivity index (χ3v) is 5.44. The van der Waals surface area contributed by atoms with Gasteiger partial charge in [0.1, 0.15) is 0 Å². The highest BCUT2D eigenvalue weighted by molar-refractivity contribution is 7.89. The van der Waals surface area contributed by atoms with Crippen LogP contribution in [0.15, 0.2) is 20.7 Å². The SMILES string of the molecule is COCC1(CNS(=O)(=O)c2cn(C)c(=O)n(C)c2=O)CCCN1. The molecule has 0 spiro atoms. The van der Waals surface area contributed by atoms with E-state index < -0.39 is 31.7 Å². The first-order chi connectivity index (χ1) is 10.7. The van der Waals surface area contributed by atoms with Gasteiger partial charge in [-0.25, -0.2) is 17.9 Å². The maximum absolute atomic E-state index is 12.5. The van der Waals surface area contributed by atoms with Crippen molar-refractivity contribution in [2.24, 2.45) is 14.1 Å². The summed E-state index contributed by atoms with van der Waals surface area (Å²) in [6.07, 6.45) is 2.74. The van der Waals surface area contributed by atoms with Crippen LogP contribution in [0, 0.1) is 0 Å². The van der Waals surface area contributed by atoms with E-state index in [4.69, 9.17) is 4.74 Å². The predicted octanol–water partition coefficient (Wildman–Crippen LogP) is -1.87. The predicted molar refractivity (Wildman–Crippen MR) is 84.0 cm³/mol. The van der Waals surface area contributed by atoms with Crippen molar-refractivity contribution >= 4 is 10.0 Å². The standard InChI is InChI=1S/C13H22N4O5S/c1-16-7-10(11(18)17(2)12(16)19)23(20,21)15-8-13(9-22-3)5-4-6-14-13/h7,14-15H,4-6,8-9H2,1-3H3. The molecule has 130 valence electrons. The molecule has 0 saturated carbocycles. The minimum atomic E-state index is -4.04. The van der Waals surface area contributed by atoms with Crippen molar-refractivity contribution in [3.05, 3.63) is 27.0 Å². The average Bonchev–Trinajstić information content (AvgIpc) is 2.96. The van der Waals surface area contributed by atoms with Crippen LogP contribution >= 0.6 is 0 Å². The Morgan fingerprint density at radius 1 is 1.39 bits per heavy atom. The van der Waals surface area contributed by atoms with Crippen molar-refractivity contribution in [1.29, 1.82) is 0 Å². The number of methoxy groups -OCH3 is 1. The van der Waals surface area contributed by atoms with Gasteiger partial charge in [-0.1, -0.05) is 0 Å². The number of aryl methyl sites for hydroxylation is 1. The van der Waals surface area contributed by atoms with Gasteiger partial charge in [0, 0.05) is 33.9 Å². The molecule has 1 atom stereocenters. The largest absolute Gasteiger partial charge is 0.383 e. The Balaban J connectivity index is 2.30. The summed E-state index contributed by atoms with van der Waals surface area (Å²) >= 11 is 0. The molecule has 1 saturated heterocycles. The van der Waals surface area contributed by atoms with Gasteiger partial charge in [0.25, 0.3) is 5.56 Å². The van der Waals surface area contributed by atoms with E-state index in [-0.39, 0.29) is 6.54 Å². The van der Waals surface area contributed by atoms with Crippen molar-refractivity contribution in [1.82, 2.24) is 19.2 Å². The average molecular weight is 346 g/mol. The van der Waals surface area contributed by atoms with E-state index in [1.54, 1.807) is 7.11 Å². The molecule has 2 N–H and O–H groups in total. The summed E-state index contributed by atoms with van der Waals surface area (Å²) < 4.78 is 34.4. The summed E-state index contributed by atoms with van der Waals surface area (Å²) in [5, 5.41) is 3.25. The lowest BCUT2D eigenvalue weighted by Crippen LogP contribution is -2.53. The third kappa shape index (κ3) is 3.55. The lowest BCUT2D eigenvalue weighted by atomic mass is 9.99. The van der Waals surface area contributed by atoms with Crippen LogP contribution in [0.1, 0.15) is 12.8 Å². The van der Waals surface area contributed by atoms with Gasteiger partial charge in [0.05, 0.1) is 12.1 Å². The Kier molecular flexibility index (Phi) is 5.09. The topological polar surface area (TPSA) is 111 Å². The molecule has 10 heteroatoms. The number of nitrogens with zero attached hydrogens (tertiary/aromatic N) is 2. The molecular formula is C13H22N4O5S. The van der Waals surface area contributed by atoms with Crippen LogP contribution in [-0.4, -0.2) is 49.9 Å². The van der Waals surface area contributed by atoms with E-state index in [1.165, 1.54) is 14.1 Å². The lowest BCUT2D eigenvalue weighted by Gasteiger charge is -2.28. The molecule has 23 heavy (non-hydrogen) atoms. The second kappa shape index (κ2) is 6.56.